The Hall–Kier alpha value is -0.905. The van der Waals surface area contributed by atoms with Crippen LogP contribution in [0.2, 0.25) is 0 Å². The molecule has 0 spiro atoms. The number of rotatable bonds is 5. The molecule has 1 rings (SSSR count). The Bertz CT molecular complexity index is 318. The maximum atomic E-state index is 13.0. The highest BCUT2D eigenvalue weighted by atomic mass is 19.1. The number of benzene rings is 1. The van der Waals surface area contributed by atoms with E-state index in [4.69, 9.17) is 14.8 Å². The van der Waals surface area contributed by atoms with Crippen molar-refractivity contribution >= 4 is 12.6 Å². The van der Waals surface area contributed by atoms with Crippen molar-refractivity contribution in [3.8, 4) is 0 Å². The van der Waals surface area contributed by atoms with Crippen LogP contribution in [0, 0.1) is 5.82 Å². The van der Waals surface area contributed by atoms with E-state index in [2.05, 4.69) is 0 Å². The zero-order chi connectivity index (χ0) is 11.3. The average molecular weight is 212 g/mol. The van der Waals surface area contributed by atoms with Crippen LogP contribution in [-0.2, 0) is 11.3 Å². The van der Waals surface area contributed by atoms with Gasteiger partial charge in [-0.3, -0.25) is 0 Å². The Kier molecular flexibility index (Phi) is 4.75. The van der Waals surface area contributed by atoms with Gasteiger partial charge in [0.25, 0.3) is 0 Å². The standard InChI is InChI=1S/C10H14BFO3/c1-2-5-15-7-8-3-4-10(12)9(6-8)11(13)14/h3-4,6,13-14H,2,5,7H2,1H3. The lowest BCUT2D eigenvalue weighted by Crippen LogP contribution is -2.33. The van der Waals surface area contributed by atoms with Crippen LogP contribution in [0.25, 0.3) is 0 Å². The largest absolute Gasteiger partial charge is 0.491 e. The van der Waals surface area contributed by atoms with Gasteiger partial charge in [0.15, 0.2) is 0 Å². The molecule has 0 fully saturated rings. The lowest BCUT2D eigenvalue weighted by atomic mass is 9.79. The second-order valence-corrected chi connectivity index (χ2v) is 3.28. The van der Waals surface area contributed by atoms with Gasteiger partial charge in [-0.1, -0.05) is 19.1 Å². The number of hydrogen-bond donors (Lipinski definition) is 2. The van der Waals surface area contributed by atoms with Crippen LogP contribution in [0.1, 0.15) is 18.9 Å². The quantitative estimate of drug-likeness (QED) is 0.549. The zero-order valence-corrected chi connectivity index (χ0v) is 8.61. The average Bonchev–Trinajstić information content (AvgIpc) is 2.20. The van der Waals surface area contributed by atoms with E-state index in [0.29, 0.717) is 13.2 Å². The molecule has 0 aliphatic heterocycles. The Morgan fingerprint density at radius 2 is 2.13 bits per heavy atom. The van der Waals surface area contributed by atoms with E-state index in [1.807, 2.05) is 6.92 Å². The molecule has 0 atom stereocenters. The topological polar surface area (TPSA) is 49.7 Å². The van der Waals surface area contributed by atoms with Gasteiger partial charge in [-0.05, 0) is 18.1 Å². The van der Waals surface area contributed by atoms with Gasteiger partial charge in [0.05, 0.1) is 6.61 Å². The second-order valence-electron chi connectivity index (χ2n) is 3.28. The van der Waals surface area contributed by atoms with Crippen molar-refractivity contribution < 1.29 is 19.2 Å². The summed E-state index contributed by atoms with van der Waals surface area (Å²) in [6, 6.07) is 4.17. The molecule has 0 bridgehead atoms. The predicted octanol–water partition coefficient (Wildman–Crippen LogP) is 0.432. The maximum absolute atomic E-state index is 13.0. The Balaban J connectivity index is 2.70. The summed E-state index contributed by atoms with van der Waals surface area (Å²) in [4.78, 5) is 0. The lowest BCUT2D eigenvalue weighted by molar-refractivity contribution is 0.121. The van der Waals surface area contributed by atoms with Crippen LogP contribution >= 0.6 is 0 Å². The highest BCUT2D eigenvalue weighted by molar-refractivity contribution is 6.58. The molecule has 2 N–H and O–H groups in total. The van der Waals surface area contributed by atoms with Crippen molar-refractivity contribution in [1.29, 1.82) is 0 Å². The van der Waals surface area contributed by atoms with Crippen LogP contribution in [-0.4, -0.2) is 23.8 Å². The molecule has 0 aliphatic rings. The smallest absolute Gasteiger partial charge is 0.423 e. The second kappa shape index (κ2) is 5.85. The summed E-state index contributed by atoms with van der Waals surface area (Å²) in [5, 5.41) is 17.8. The van der Waals surface area contributed by atoms with Gasteiger partial charge in [-0.2, -0.15) is 0 Å². The molecular formula is C10H14BFO3. The minimum absolute atomic E-state index is 0.118. The van der Waals surface area contributed by atoms with Crippen LogP contribution in [0.15, 0.2) is 18.2 Å². The molecule has 0 amide bonds. The first-order valence-electron chi connectivity index (χ1n) is 4.87. The van der Waals surface area contributed by atoms with Crippen LogP contribution in [0.3, 0.4) is 0 Å². The molecule has 0 saturated carbocycles. The van der Waals surface area contributed by atoms with Crippen molar-refractivity contribution in [3.05, 3.63) is 29.6 Å². The van der Waals surface area contributed by atoms with E-state index in [-0.39, 0.29) is 5.46 Å². The van der Waals surface area contributed by atoms with Crippen molar-refractivity contribution in [2.24, 2.45) is 0 Å². The normalized spacial score (nSPS) is 10.4. The molecule has 0 radical (unpaired) electrons. The Morgan fingerprint density at radius 3 is 2.73 bits per heavy atom. The Labute approximate surface area is 88.7 Å². The zero-order valence-electron chi connectivity index (χ0n) is 8.61. The van der Waals surface area contributed by atoms with E-state index >= 15 is 0 Å². The van der Waals surface area contributed by atoms with Gasteiger partial charge in [-0.25, -0.2) is 4.39 Å². The molecule has 15 heavy (non-hydrogen) atoms. The fraction of sp³-hybridized carbons (Fsp3) is 0.400. The first-order valence-corrected chi connectivity index (χ1v) is 4.87. The van der Waals surface area contributed by atoms with Crippen LogP contribution in [0.4, 0.5) is 4.39 Å². The van der Waals surface area contributed by atoms with Crippen molar-refractivity contribution in [1.82, 2.24) is 0 Å². The maximum Gasteiger partial charge on any atom is 0.491 e. The van der Waals surface area contributed by atoms with Crippen molar-refractivity contribution in [2.45, 2.75) is 20.0 Å². The third-order valence-corrected chi connectivity index (χ3v) is 1.96. The molecule has 1 aromatic carbocycles. The monoisotopic (exact) mass is 212 g/mol. The summed E-state index contributed by atoms with van der Waals surface area (Å²) in [5.74, 6) is -0.621. The summed E-state index contributed by atoms with van der Waals surface area (Å²) >= 11 is 0. The summed E-state index contributed by atoms with van der Waals surface area (Å²) in [7, 11) is -1.78. The highest BCUT2D eigenvalue weighted by Gasteiger charge is 2.16. The number of ether oxygens (including phenoxy) is 1. The molecule has 1 aromatic rings. The summed E-state index contributed by atoms with van der Waals surface area (Å²) < 4.78 is 18.3. The predicted molar refractivity (Wildman–Crippen MR) is 56.2 cm³/mol. The SMILES string of the molecule is CCCOCc1ccc(F)c(B(O)O)c1. The van der Waals surface area contributed by atoms with Crippen molar-refractivity contribution in [3.63, 3.8) is 0 Å². The van der Waals surface area contributed by atoms with Gasteiger partial charge in [0, 0.05) is 12.1 Å². The van der Waals surface area contributed by atoms with Gasteiger partial charge < -0.3 is 14.8 Å². The van der Waals surface area contributed by atoms with Crippen LogP contribution in [0.5, 0.6) is 0 Å². The Morgan fingerprint density at radius 1 is 1.40 bits per heavy atom. The third kappa shape index (κ3) is 3.62. The third-order valence-electron chi connectivity index (χ3n) is 1.96. The molecule has 0 aromatic heterocycles. The number of halogens is 1. The van der Waals surface area contributed by atoms with Gasteiger partial charge in [0.2, 0.25) is 0 Å². The highest BCUT2D eigenvalue weighted by Crippen LogP contribution is 2.03. The van der Waals surface area contributed by atoms with E-state index in [1.54, 1.807) is 6.07 Å². The van der Waals surface area contributed by atoms with E-state index in [0.717, 1.165) is 12.0 Å². The molecule has 5 heteroatoms. The van der Waals surface area contributed by atoms with E-state index < -0.39 is 12.9 Å². The minimum atomic E-state index is -1.78. The van der Waals surface area contributed by atoms with E-state index in [9.17, 15) is 4.39 Å². The molecule has 0 aliphatic carbocycles. The molecular weight excluding hydrogens is 198 g/mol. The van der Waals surface area contributed by atoms with Gasteiger partial charge in [-0.15, -0.1) is 0 Å². The fourth-order valence-corrected chi connectivity index (χ4v) is 1.22. The van der Waals surface area contributed by atoms with Crippen molar-refractivity contribution in [2.75, 3.05) is 6.61 Å². The lowest BCUT2D eigenvalue weighted by Gasteiger charge is -2.06. The fourth-order valence-electron chi connectivity index (χ4n) is 1.22. The minimum Gasteiger partial charge on any atom is -0.423 e. The first kappa shape index (κ1) is 12.2. The van der Waals surface area contributed by atoms with Gasteiger partial charge >= 0.3 is 7.12 Å². The first-order chi connectivity index (χ1) is 7.15. The molecule has 0 saturated heterocycles. The van der Waals surface area contributed by atoms with Gasteiger partial charge in [0.1, 0.15) is 5.82 Å². The summed E-state index contributed by atoms with van der Waals surface area (Å²) in [6.45, 7) is 2.98. The molecule has 82 valence electrons. The molecule has 0 heterocycles. The summed E-state index contributed by atoms with van der Waals surface area (Å²) in [5.41, 5.74) is 0.612. The van der Waals surface area contributed by atoms with Crippen LogP contribution < -0.4 is 5.46 Å². The van der Waals surface area contributed by atoms with E-state index in [1.165, 1.54) is 12.1 Å². The summed E-state index contributed by atoms with van der Waals surface area (Å²) in [6.07, 6.45) is 0.913. The molecule has 0 unspecified atom stereocenters. The number of hydrogen-bond acceptors (Lipinski definition) is 3. The molecule has 3 nitrogen and oxygen atoms in total.